The number of hydrogen-bond donors (Lipinski definition) is 4. The van der Waals surface area contributed by atoms with Gasteiger partial charge in [0.05, 0.1) is 13.7 Å². The molecule has 0 spiro atoms. The molecule has 4 N–H and O–H groups in total. The van der Waals surface area contributed by atoms with Crippen molar-refractivity contribution < 1.29 is 32.8 Å². The number of nitrogens with zero attached hydrogens (tertiary/aromatic N) is 3. The molecule has 1 aromatic heterocycles. The number of anilines is 1. The first-order chi connectivity index (χ1) is 19.0. The molecule has 4 aromatic rings. The summed E-state index contributed by atoms with van der Waals surface area (Å²) < 4.78 is 48.1. The van der Waals surface area contributed by atoms with Gasteiger partial charge in [-0.05, 0) is 41.0 Å². The zero-order valence-electron chi connectivity index (χ0n) is 22.5. The number of H-pyrrole nitrogens is 1. The van der Waals surface area contributed by atoms with Crippen molar-refractivity contribution in [1.82, 2.24) is 20.6 Å². The second kappa shape index (κ2) is 11.9. The molecule has 40 heavy (non-hydrogen) atoms. The first kappa shape index (κ1) is 28.8. The number of sulfonamides is 1. The van der Waals surface area contributed by atoms with E-state index in [1.54, 1.807) is 54.6 Å². The van der Waals surface area contributed by atoms with Gasteiger partial charge in [-0.1, -0.05) is 45.0 Å². The van der Waals surface area contributed by atoms with Crippen LogP contribution in [-0.2, 0) is 15.4 Å². The highest BCUT2D eigenvalue weighted by molar-refractivity contribution is 7.92. The molecule has 0 amide bonds. The minimum atomic E-state index is -4.31. The van der Waals surface area contributed by atoms with Gasteiger partial charge < -0.3 is 24.4 Å². The number of hydrogen-bond acceptors (Lipinski definition) is 10. The maximum absolute atomic E-state index is 13.9. The van der Waals surface area contributed by atoms with Gasteiger partial charge in [0.2, 0.25) is 5.82 Å². The third kappa shape index (κ3) is 6.50. The Kier molecular flexibility index (Phi) is 8.57. The van der Waals surface area contributed by atoms with E-state index in [-0.39, 0.29) is 34.6 Å². The van der Waals surface area contributed by atoms with Gasteiger partial charge in [0.15, 0.2) is 11.5 Å². The second-order valence-corrected chi connectivity index (χ2v) is 11.5. The zero-order valence-corrected chi connectivity index (χ0v) is 23.3. The first-order valence-corrected chi connectivity index (χ1v) is 13.8. The maximum atomic E-state index is 13.9. The van der Waals surface area contributed by atoms with Gasteiger partial charge in [0.1, 0.15) is 29.1 Å². The number of benzene rings is 3. The largest absolute Gasteiger partial charge is 0.497 e. The highest BCUT2D eigenvalue weighted by atomic mass is 32.2. The van der Waals surface area contributed by atoms with Crippen LogP contribution >= 0.6 is 0 Å². The van der Waals surface area contributed by atoms with Crippen molar-refractivity contribution in [3.8, 4) is 34.4 Å². The third-order valence-corrected chi connectivity index (χ3v) is 7.13. The van der Waals surface area contributed by atoms with Crippen molar-refractivity contribution >= 4 is 15.7 Å². The number of ether oxygens (including phenoxy) is 3. The molecule has 212 valence electrons. The molecule has 0 saturated heterocycles. The molecule has 12 nitrogen and oxygen atoms in total. The summed E-state index contributed by atoms with van der Waals surface area (Å²) in [4.78, 5) is -0.277. The van der Waals surface area contributed by atoms with E-state index in [1.165, 1.54) is 13.2 Å². The molecule has 13 heteroatoms. The average molecular weight is 570 g/mol. The lowest BCUT2D eigenvalue weighted by Gasteiger charge is -2.29. The summed E-state index contributed by atoms with van der Waals surface area (Å²) in [7, 11) is -2.81. The predicted molar refractivity (Wildman–Crippen MR) is 147 cm³/mol. The van der Waals surface area contributed by atoms with Crippen molar-refractivity contribution in [1.29, 1.82) is 0 Å². The highest BCUT2D eigenvalue weighted by Gasteiger charge is 2.35. The Morgan fingerprint density at radius 3 is 2.38 bits per heavy atom. The van der Waals surface area contributed by atoms with E-state index >= 15 is 0 Å². The monoisotopic (exact) mass is 569 g/mol. The van der Waals surface area contributed by atoms with Gasteiger partial charge >= 0.3 is 0 Å². The Morgan fingerprint density at radius 1 is 1.02 bits per heavy atom. The van der Waals surface area contributed by atoms with Crippen LogP contribution in [0.3, 0.4) is 0 Å². The minimum absolute atomic E-state index is 0.0264. The smallest absolute Gasteiger partial charge is 0.265 e. The number of aromatic amines is 1. The van der Waals surface area contributed by atoms with E-state index in [2.05, 4.69) is 25.3 Å². The standard InChI is InChI=1S/C27H31N5O7S/c1-27(2,3)23-21(26-28-31-32-29-26)14-22(40(35,36)30-17-9-6-5-7-10-17)24(25(23)38-16-18(34)15-33)39-20-12-8-11-19(13-20)37-4/h5-14,18,30,33-34H,15-16H2,1-4H3,(H,28,29,31,32). The maximum Gasteiger partial charge on any atom is 0.265 e. The molecule has 1 heterocycles. The molecule has 0 aliphatic heterocycles. The fourth-order valence-electron chi connectivity index (χ4n) is 3.98. The Labute approximate surface area is 232 Å². The van der Waals surface area contributed by atoms with Crippen LogP contribution in [0.5, 0.6) is 23.0 Å². The normalized spacial score (nSPS) is 12.6. The van der Waals surface area contributed by atoms with Crippen LogP contribution in [0.4, 0.5) is 5.69 Å². The van der Waals surface area contributed by atoms with Crippen molar-refractivity contribution in [3.05, 3.63) is 66.2 Å². The molecule has 1 unspecified atom stereocenters. The number of tetrazole rings is 1. The van der Waals surface area contributed by atoms with Crippen LogP contribution in [0.2, 0.25) is 0 Å². The summed E-state index contributed by atoms with van der Waals surface area (Å²) in [5.41, 5.74) is 0.475. The van der Waals surface area contributed by atoms with Crippen LogP contribution in [-0.4, -0.2) is 65.7 Å². The molecule has 0 aliphatic carbocycles. The fourth-order valence-corrected chi connectivity index (χ4v) is 5.19. The van der Waals surface area contributed by atoms with Crippen LogP contribution in [0.25, 0.3) is 11.4 Å². The zero-order chi connectivity index (χ0) is 28.9. The number of aliphatic hydroxyl groups is 2. The molecule has 0 fully saturated rings. The van der Waals surface area contributed by atoms with E-state index in [0.717, 1.165) is 0 Å². The SMILES string of the molecule is COc1cccc(Oc2c(S(=O)(=O)Nc3ccccc3)cc(-c3nn[nH]n3)c(C(C)(C)C)c2OCC(O)CO)c1. The van der Waals surface area contributed by atoms with Crippen molar-refractivity contribution in [2.45, 2.75) is 37.2 Å². The van der Waals surface area contributed by atoms with Gasteiger partial charge in [-0.15, -0.1) is 10.2 Å². The summed E-state index contributed by atoms with van der Waals surface area (Å²) in [5, 5.41) is 33.8. The Bertz CT molecular complexity index is 1540. The lowest BCUT2D eigenvalue weighted by atomic mass is 9.82. The van der Waals surface area contributed by atoms with Gasteiger partial charge in [0.25, 0.3) is 10.0 Å². The first-order valence-electron chi connectivity index (χ1n) is 12.3. The molecular formula is C27H31N5O7S. The predicted octanol–water partition coefficient (Wildman–Crippen LogP) is 3.50. The molecule has 0 bridgehead atoms. The number of aliphatic hydroxyl groups excluding tert-OH is 2. The summed E-state index contributed by atoms with van der Waals surface area (Å²) in [6, 6.07) is 16.4. The van der Waals surface area contributed by atoms with Crippen LogP contribution < -0.4 is 18.9 Å². The number of aromatic nitrogens is 4. The number of nitrogens with one attached hydrogen (secondary N) is 2. The molecule has 3 aromatic carbocycles. The second-order valence-electron chi connectivity index (χ2n) is 9.84. The van der Waals surface area contributed by atoms with Crippen molar-refractivity contribution in [3.63, 3.8) is 0 Å². The molecule has 4 rings (SSSR count). The van der Waals surface area contributed by atoms with E-state index in [1.807, 2.05) is 20.8 Å². The number of methoxy groups -OCH3 is 1. The molecular weight excluding hydrogens is 538 g/mol. The van der Waals surface area contributed by atoms with Gasteiger partial charge in [-0.25, -0.2) is 8.42 Å². The van der Waals surface area contributed by atoms with E-state index in [4.69, 9.17) is 14.2 Å². The third-order valence-electron chi connectivity index (χ3n) is 5.75. The number of rotatable bonds is 11. The van der Waals surface area contributed by atoms with Crippen molar-refractivity contribution in [2.24, 2.45) is 0 Å². The summed E-state index contributed by atoms with van der Waals surface area (Å²) >= 11 is 0. The minimum Gasteiger partial charge on any atom is -0.497 e. The Hall–Kier alpha value is -4.20. The summed E-state index contributed by atoms with van der Waals surface area (Å²) in [6.07, 6.45) is -1.24. The molecule has 0 saturated carbocycles. The van der Waals surface area contributed by atoms with E-state index < -0.39 is 28.1 Å². The molecule has 0 aliphatic rings. The quantitative estimate of drug-likeness (QED) is 0.210. The van der Waals surface area contributed by atoms with Crippen LogP contribution in [0.15, 0.2) is 65.6 Å². The lowest BCUT2D eigenvalue weighted by molar-refractivity contribution is 0.0521. The van der Waals surface area contributed by atoms with Gasteiger partial charge in [0, 0.05) is 22.9 Å². The molecule has 0 radical (unpaired) electrons. The van der Waals surface area contributed by atoms with Gasteiger partial charge in [-0.3, -0.25) is 4.72 Å². The van der Waals surface area contributed by atoms with E-state index in [9.17, 15) is 18.6 Å². The lowest BCUT2D eigenvalue weighted by Crippen LogP contribution is -2.25. The van der Waals surface area contributed by atoms with Crippen LogP contribution in [0.1, 0.15) is 26.3 Å². The number of para-hydroxylation sites is 1. The van der Waals surface area contributed by atoms with Gasteiger partial charge in [-0.2, -0.15) is 5.21 Å². The highest BCUT2D eigenvalue weighted by Crippen LogP contribution is 2.49. The average Bonchev–Trinajstić information content (AvgIpc) is 3.46. The van der Waals surface area contributed by atoms with Crippen molar-refractivity contribution in [2.75, 3.05) is 25.0 Å². The fraction of sp³-hybridized carbons (Fsp3) is 0.296. The Morgan fingerprint density at radius 2 is 1.75 bits per heavy atom. The molecule has 1 atom stereocenters. The summed E-state index contributed by atoms with van der Waals surface area (Å²) in [5.74, 6) is 0.774. The van der Waals surface area contributed by atoms with E-state index in [0.29, 0.717) is 22.6 Å². The summed E-state index contributed by atoms with van der Waals surface area (Å²) in [6.45, 7) is 4.77. The van der Waals surface area contributed by atoms with Crippen LogP contribution in [0, 0.1) is 0 Å². The Balaban J connectivity index is 2.04. The topological polar surface area (TPSA) is 169 Å².